The predicted molar refractivity (Wildman–Crippen MR) is 170 cm³/mol. The number of esters is 1. The van der Waals surface area contributed by atoms with Crippen molar-refractivity contribution in [1.82, 2.24) is 25.1 Å². The van der Waals surface area contributed by atoms with Crippen LogP contribution in [0.3, 0.4) is 0 Å². The second-order valence-electron chi connectivity index (χ2n) is 11.4. The smallest absolute Gasteiger partial charge is 0.327 e. The summed E-state index contributed by atoms with van der Waals surface area (Å²) in [7, 11) is -2.17. The van der Waals surface area contributed by atoms with Crippen LogP contribution in [0.1, 0.15) is 60.3 Å². The largest absolute Gasteiger partial charge is 0.468 e. The van der Waals surface area contributed by atoms with E-state index in [2.05, 4.69) is 36.9 Å². The maximum absolute atomic E-state index is 12.8. The number of primary sulfonamides is 1. The molecule has 2 aromatic rings. The van der Waals surface area contributed by atoms with E-state index in [0.29, 0.717) is 24.9 Å². The van der Waals surface area contributed by atoms with Crippen LogP contribution in [0.2, 0.25) is 5.15 Å². The topological polar surface area (TPSA) is 177 Å². The highest BCUT2D eigenvalue weighted by Gasteiger charge is 2.37. The molecule has 0 radical (unpaired) electrons. The van der Waals surface area contributed by atoms with Crippen LogP contribution < -0.4 is 21.1 Å². The Morgan fingerprint density at radius 3 is 2.43 bits per heavy atom. The van der Waals surface area contributed by atoms with E-state index in [4.69, 9.17) is 27.2 Å². The van der Waals surface area contributed by atoms with Gasteiger partial charge in [0.1, 0.15) is 6.04 Å². The van der Waals surface area contributed by atoms with E-state index in [-0.39, 0.29) is 47.4 Å². The molecule has 13 nitrogen and oxygen atoms in total. The van der Waals surface area contributed by atoms with Crippen molar-refractivity contribution in [2.24, 2.45) is 5.14 Å². The minimum absolute atomic E-state index is 0.0510. The van der Waals surface area contributed by atoms with Crippen LogP contribution >= 0.6 is 11.6 Å². The first-order chi connectivity index (χ1) is 20.9. The van der Waals surface area contributed by atoms with Crippen molar-refractivity contribution in [3.05, 3.63) is 46.2 Å². The average Bonchev–Trinajstić information content (AvgIpc) is 3.00. The number of ether oxygens (including phenoxy) is 1. The number of nitrogens with zero attached hydrogens (tertiary/aromatic N) is 5. The zero-order valence-electron chi connectivity index (χ0n) is 25.5. The van der Waals surface area contributed by atoms with E-state index in [0.717, 1.165) is 50.0 Å². The lowest BCUT2D eigenvalue weighted by Gasteiger charge is -2.48. The van der Waals surface area contributed by atoms with Crippen molar-refractivity contribution < 1.29 is 22.7 Å². The summed E-state index contributed by atoms with van der Waals surface area (Å²) in [6.45, 7) is 7.99. The number of likely N-dealkylation sites (tertiary alicyclic amines) is 1. The summed E-state index contributed by atoms with van der Waals surface area (Å²) in [6, 6.07) is 8.27. The molecule has 1 aromatic carbocycles. The molecular weight excluding hydrogens is 608 g/mol. The highest BCUT2D eigenvalue weighted by Crippen LogP contribution is 2.32. The molecule has 1 aromatic heterocycles. The van der Waals surface area contributed by atoms with E-state index >= 15 is 0 Å². The summed E-state index contributed by atoms with van der Waals surface area (Å²) in [6.07, 6.45) is 2.95. The average molecular weight is 651 g/mol. The summed E-state index contributed by atoms with van der Waals surface area (Å²) in [5, 5.41) is 7.65. The van der Waals surface area contributed by atoms with E-state index in [1.807, 2.05) is 31.2 Å². The van der Waals surface area contributed by atoms with Gasteiger partial charge in [-0.15, -0.1) is 0 Å². The number of aryl methyl sites for hydroxylation is 1. The Morgan fingerprint density at radius 2 is 1.82 bits per heavy atom. The number of rotatable bonds is 11. The number of amides is 1. The van der Waals surface area contributed by atoms with Crippen molar-refractivity contribution in [3.63, 3.8) is 0 Å². The molecule has 3 heterocycles. The number of nitrogen functional groups attached to an aromatic ring is 1. The number of benzene rings is 1. The Balaban J connectivity index is 1.37. The molecule has 4 rings (SSSR count). The zero-order valence-corrected chi connectivity index (χ0v) is 27.1. The third-order valence-corrected chi connectivity index (χ3v) is 9.53. The number of nitrogens with two attached hydrogens (primary N) is 2. The van der Waals surface area contributed by atoms with Gasteiger partial charge in [-0.1, -0.05) is 48.4 Å². The second kappa shape index (κ2) is 14.8. The van der Waals surface area contributed by atoms with Gasteiger partial charge in [0.05, 0.1) is 12.9 Å². The fraction of sp³-hybridized carbons (Fsp3) is 0.586. The van der Waals surface area contributed by atoms with Gasteiger partial charge in [0.25, 0.3) is 5.91 Å². The Hall–Kier alpha value is -3.04. The van der Waals surface area contributed by atoms with Crippen molar-refractivity contribution in [2.45, 2.75) is 57.7 Å². The number of halogens is 1. The van der Waals surface area contributed by atoms with Crippen LogP contribution in [0.15, 0.2) is 24.3 Å². The number of piperazine rings is 1. The molecule has 15 heteroatoms. The summed E-state index contributed by atoms with van der Waals surface area (Å²) < 4.78 is 27.4. The molecule has 2 fully saturated rings. The van der Waals surface area contributed by atoms with Crippen LogP contribution in [0.25, 0.3) is 0 Å². The summed E-state index contributed by atoms with van der Waals surface area (Å²) >= 11 is 6.51. The van der Waals surface area contributed by atoms with Crippen molar-refractivity contribution >= 4 is 45.1 Å². The predicted octanol–water partition coefficient (Wildman–Crippen LogP) is 1.71. The molecule has 0 saturated carbocycles. The Bertz CT molecular complexity index is 1420. The van der Waals surface area contributed by atoms with Gasteiger partial charge in [0.2, 0.25) is 10.0 Å². The van der Waals surface area contributed by atoms with Gasteiger partial charge < -0.3 is 20.7 Å². The molecule has 0 spiro atoms. The number of methoxy groups -OCH3 is 1. The molecule has 2 atom stereocenters. The number of carbonyl (C=O) groups excluding carboxylic acids is 2. The SMILES string of the molecule is CC[C@H]1CN(c2nc(N)c(C(=O)NCCCS(N)(=O)=O)nc2Cl)CCN1C1CCN([C@@H](C(=O)OC)c2ccc(C)cc2)CC1. The molecule has 0 aliphatic carbocycles. The van der Waals surface area contributed by atoms with Crippen molar-refractivity contribution in [2.75, 3.05) is 62.8 Å². The normalized spacial score (nSPS) is 19.5. The molecule has 44 heavy (non-hydrogen) atoms. The summed E-state index contributed by atoms with van der Waals surface area (Å²) in [4.78, 5) is 40.9. The molecule has 2 saturated heterocycles. The first-order valence-corrected chi connectivity index (χ1v) is 17.0. The molecule has 0 unspecified atom stereocenters. The fourth-order valence-corrected chi connectivity index (χ4v) is 6.88. The van der Waals surface area contributed by atoms with Crippen LogP contribution in [0, 0.1) is 6.92 Å². The van der Waals surface area contributed by atoms with Crippen LogP contribution in [0.4, 0.5) is 11.6 Å². The van der Waals surface area contributed by atoms with Crippen molar-refractivity contribution in [3.8, 4) is 0 Å². The number of aromatic nitrogens is 2. The van der Waals surface area contributed by atoms with Crippen molar-refractivity contribution in [1.29, 1.82) is 0 Å². The molecule has 1 amide bonds. The number of hydrogen-bond acceptors (Lipinski definition) is 11. The van der Waals surface area contributed by atoms with Gasteiger partial charge in [0, 0.05) is 51.4 Å². The highest BCUT2D eigenvalue weighted by atomic mass is 35.5. The molecule has 0 bridgehead atoms. The molecule has 2 aliphatic rings. The number of carbonyl (C=O) groups is 2. The van der Waals surface area contributed by atoms with Crippen LogP contribution in [-0.2, 0) is 19.6 Å². The molecule has 5 N–H and O–H groups in total. The molecular formula is C29H43ClN8O5S. The number of nitrogens with one attached hydrogen (secondary N) is 1. The first kappa shape index (κ1) is 33.8. The lowest BCUT2D eigenvalue weighted by Crippen LogP contribution is -2.59. The summed E-state index contributed by atoms with van der Waals surface area (Å²) in [5.41, 5.74) is 8.10. The first-order valence-electron chi connectivity index (χ1n) is 14.9. The van der Waals surface area contributed by atoms with Crippen LogP contribution in [-0.4, -0.2) is 104 Å². The number of piperidine rings is 1. The molecule has 2 aliphatic heterocycles. The van der Waals surface area contributed by atoms with Gasteiger partial charge in [-0.25, -0.2) is 28.3 Å². The Labute approximate surface area is 264 Å². The number of hydrogen-bond donors (Lipinski definition) is 3. The number of sulfonamides is 1. The monoisotopic (exact) mass is 650 g/mol. The molecule has 242 valence electrons. The van der Waals surface area contributed by atoms with E-state index < -0.39 is 22.0 Å². The minimum atomic E-state index is -3.61. The van der Waals surface area contributed by atoms with Gasteiger partial charge >= 0.3 is 5.97 Å². The lowest BCUT2D eigenvalue weighted by atomic mass is 9.95. The van der Waals surface area contributed by atoms with Gasteiger partial charge in [-0.2, -0.15) is 0 Å². The highest BCUT2D eigenvalue weighted by molar-refractivity contribution is 7.89. The van der Waals surface area contributed by atoms with E-state index in [1.54, 1.807) is 0 Å². The van der Waals surface area contributed by atoms with Gasteiger partial charge in [-0.3, -0.25) is 14.6 Å². The lowest BCUT2D eigenvalue weighted by molar-refractivity contribution is -0.148. The third-order valence-electron chi connectivity index (χ3n) is 8.42. The Morgan fingerprint density at radius 1 is 1.14 bits per heavy atom. The minimum Gasteiger partial charge on any atom is -0.468 e. The third kappa shape index (κ3) is 8.36. The second-order valence-corrected chi connectivity index (χ2v) is 13.5. The Kier molecular flexibility index (Phi) is 11.4. The number of anilines is 2. The summed E-state index contributed by atoms with van der Waals surface area (Å²) in [5.74, 6) is -0.696. The quantitative estimate of drug-likeness (QED) is 0.238. The van der Waals surface area contributed by atoms with E-state index in [9.17, 15) is 18.0 Å². The maximum atomic E-state index is 12.8. The van der Waals surface area contributed by atoms with Crippen LogP contribution in [0.5, 0.6) is 0 Å². The van der Waals surface area contributed by atoms with Gasteiger partial charge in [-0.05, 0) is 38.2 Å². The van der Waals surface area contributed by atoms with Gasteiger partial charge in [0.15, 0.2) is 22.5 Å². The zero-order chi connectivity index (χ0) is 32.0. The standard InChI is InChI=1S/C29H43ClN8O5S/c1-4-21-18-37(27-25(30)34-23(26(31)35-27)28(39)33-12-5-17-44(32,41)42)15-16-38(21)22-10-13-36(14-11-22)24(29(40)43-3)20-8-6-19(2)7-9-20/h6-9,21-22,24H,4-5,10-18H2,1-3H3,(H2,31,35)(H,33,39)(H2,32,41,42)/t21-,24+/m0/s1. The van der Waals surface area contributed by atoms with E-state index in [1.165, 1.54) is 7.11 Å². The fourth-order valence-electron chi connectivity index (χ4n) is 6.08. The maximum Gasteiger partial charge on any atom is 0.327 e.